The van der Waals surface area contributed by atoms with Crippen molar-refractivity contribution in [2.45, 2.75) is 46.6 Å². The maximum Gasteiger partial charge on any atom is 0.0593 e. The highest BCUT2D eigenvalue weighted by molar-refractivity contribution is 4.80. The third-order valence-corrected chi connectivity index (χ3v) is 3.29. The summed E-state index contributed by atoms with van der Waals surface area (Å²) >= 11 is 0. The van der Waals surface area contributed by atoms with Gasteiger partial charge in [-0.05, 0) is 52.1 Å². The van der Waals surface area contributed by atoms with Crippen LogP contribution in [0.4, 0.5) is 0 Å². The average molecular weight is 256 g/mol. The van der Waals surface area contributed by atoms with E-state index in [2.05, 4.69) is 44.8 Å². The highest BCUT2D eigenvalue weighted by Gasteiger charge is 2.23. The van der Waals surface area contributed by atoms with E-state index in [1.807, 2.05) is 0 Å². The monoisotopic (exact) mass is 256 g/mol. The zero-order valence-electron chi connectivity index (χ0n) is 13.0. The van der Waals surface area contributed by atoms with Crippen LogP contribution in [-0.2, 0) is 4.74 Å². The zero-order valence-corrected chi connectivity index (χ0v) is 13.0. The Hall–Kier alpha value is -0.120. The molecule has 0 bridgehead atoms. The number of ether oxygens (including phenoxy) is 1. The second kappa shape index (κ2) is 7.46. The number of hydrogen-bond acceptors (Lipinski definition) is 3. The van der Waals surface area contributed by atoms with Gasteiger partial charge in [-0.15, -0.1) is 0 Å². The molecule has 1 atom stereocenters. The maximum atomic E-state index is 5.65. The highest BCUT2D eigenvalue weighted by Crippen LogP contribution is 2.16. The van der Waals surface area contributed by atoms with Gasteiger partial charge in [0.2, 0.25) is 0 Å². The van der Waals surface area contributed by atoms with Crippen LogP contribution in [0.25, 0.3) is 0 Å². The molecule has 1 aliphatic heterocycles. The molecule has 0 aromatic rings. The van der Waals surface area contributed by atoms with E-state index in [9.17, 15) is 0 Å². The Balaban J connectivity index is 2.06. The Morgan fingerprint density at radius 2 is 2.06 bits per heavy atom. The van der Waals surface area contributed by atoms with Crippen LogP contribution in [0.5, 0.6) is 0 Å². The van der Waals surface area contributed by atoms with Crippen LogP contribution >= 0.6 is 0 Å². The average Bonchev–Trinajstić information content (AvgIpc) is 2.68. The molecule has 0 aromatic carbocycles. The lowest BCUT2D eigenvalue weighted by Crippen LogP contribution is -2.39. The van der Waals surface area contributed by atoms with Crippen LogP contribution < -0.4 is 5.32 Å². The van der Waals surface area contributed by atoms with E-state index in [1.165, 1.54) is 19.5 Å². The largest absolute Gasteiger partial charge is 0.380 e. The summed E-state index contributed by atoms with van der Waals surface area (Å²) < 4.78 is 5.65. The summed E-state index contributed by atoms with van der Waals surface area (Å²) in [7, 11) is 0. The lowest BCUT2D eigenvalue weighted by molar-refractivity contribution is 0.0903. The molecule has 1 fully saturated rings. The Morgan fingerprint density at radius 1 is 1.33 bits per heavy atom. The topological polar surface area (TPSA) is 24.5 Å². The third kappa shape index (κ3) is 7.34. The first-order valence-electron chi connectivity index (χ1n) is 7.42. The van der Waals surface area contributed by atoms with Crippen molar-refractivity contribution in [3.05, 3.63) is 0 Å². The predicted molar refractivity (Wildman–Crippen MR) is 78.0 cm³/mol. The second-order valence-electron chi connectivity index (χ2n) is 7.05. The van der Waals surface area contributed by atoms with Crippen molar-refractivity contribution in [1.82, 2.24) is 10.2 Å². The van der Waals surface area contributed by atoms with Crippen molar-refractivity contribution in [3.63, 3.8) is 0 Å². The van der Waals surface area contributed by atoms with Gasteiger partial charge in [0.05, 0.1) is 6.61 Å². The van der Waals surface area contributed by atoms with E-state index < -0.39 is 0 Å². The van der Waals surface area contributed by atoms with Gasteiger partial charge in [0.25, 0.3) is 0 Å². The van der Waals surface area contributed by atoms with Gasteiger partial charge >= 0.3 is 0 Å². The summed E-state index contributed by atoms with van der Waals surface area (Å²) in [5.41, 5.74) is 0.244. The van der Waals surface area contributed by atoms with E-state index in [-0.39, 0.29) is 5.54 Å². The van der Waals surface area contributed by atoms with E-state index in [1.54, 1.807) is 0 Å². The molecule has 1 N–H and O–H groups in total. The third-order valence-electron chi connectivity index (χ3n) is 3.29. The summed E-state index contributed by atoms with van der Waals surface area (Å²) in [5.74, 6) is 1.46. The smallest absolute Gasteiger partial charge is 0.0593 e. The summed E-state index contributed by atoms with van der Waals surface area (Å²) in [5, 5.41) is 3.61. The molecule has 3 nitrogen and oxygen atoms in total. The molecule has 3 heteroatoms. The van der Waals surface area contributed by atoms with E-state index in [0.717, 1.165) is 32.2 Å². The number of rotatable bonds is 7. The second-order valence-corrected chi connectivity index (χ2v) is 7.05. The normalized spacial score (nSPS) is 22.0. The Morgan fingerprint density at radius 3 is 2.67 bits per heavy atom. The molecule has 0 spiro atoms. The van der Waals surface area contributed by atoms with E-state index in [4.69, 9.17) is 4.74 Å². The Labute approximate surface area is 113 Å². The molecule has 1 aliphatic rings. The summed E-state index contributed by atoms with van der Waals surface area (Å²) in [6.45, 7) is 17.6. The number of nitrogens with zero attached hydrogens (tertiary/aromatic N) is 1. The van der Waals surface area contributed by atoms with Crippen molar-refractivity contribution in [1.29, 1.82) is 0 Å². The molecular formula is C15H32N2O. The minimum Gasteiger partial charge on any atom is -0.380 e. The molecule has 0 aromatic heterocycles. The molecular weight excluding hydrogens is 224 g/mol. The highest BCUT2D eigenvalue weighted by atomic mass is 16.5. The number of nitrogens with one attached hydrogen (secondary N) is 1. The Bertz CT molecular complexity index is 223. The van der Waals surface area contributed by atoms with Crippen LogP contribution in [0, 0.1) is 11.8 Å². The van der Waals surface area contributed by atoms with Crippen LogP contribution in [0.15, 0.2) is 0 Å². The van der Waals surface area contributed by atoms with Gasteiger partial charge in [0, 0.05) is 25.2 Å². The lowest BCUT2D eigenvalue weighted by Gasteiger charge is -2.23. The van der Waals surface area contributed by atoms with Gasteiger partial charge in [-0.3, -0.25) is 0 Å². The Kier molecular flexibility index (Phi) is 6.61. The number of hydrogen-bond donors (Lipinski definition) is 1. The fourth-order valence-electron chi connectivity index (χ4n) is 2.25. The fraction of sp³-hybridized carbons (Fsp3) is 1.00. The molecule has 1 rings (SSSR count). The molecule has 108 valence electrons. The molecule has 0 saturated carbocycles. The first-order valence-corrected chi connectivity index (χ1v) is 7.42. The molecule has 1 saturated heterocycles. The van der Waals surface area contributed by atoms with E-state index >= 15 is 0 Å². The minimum absolute atomic E-state index is 0.244. The number of likely N-dealkylation sites (tertiary alicyclic amines) is 1. The van der Waals surface area contributed by atoms with E-state index in [0.29, 0.717) is 5.92 Å². The van der Waals surface area contributed by atoms with Crippen molar-refractivity contribution in [2.75, 3.05) is 39.4 Å². The van der Waals surface area contributed by atoms with Crippen molar-refractivity contribution >= 4 is 0 Å². The SMILES string of the molecule is CC(C)COCCN1CCC(CNC(C)(C)C)C1. The summed E-state index contributed by atoms with van der Waals surface area (Å²) in [6, 6.07) is 0. The predicted octanol–water partition coefficient (Wildman–Crippen LogP) is 2.37. The molecule has 0 amide bonds. The fourth-order valence-corrected chi connectivity index (χ4v) is 2.25. The van der Waals surface area contributed by atoms with Gasteiger partial charge in [0.15, 0.2) is 0 Å². The molecule has 0 aliphatic carbocycles. The van der Waals surface area contributed by atoms with Gasteiger partial charge < -0.3 is 15.0 Å². The van der Waals surface area contributed by atoms with Crippen LogP contribution in [0.2, 0.25) is 0 Å². The molecule has 1 unspecified atom stereocenters. The van der Waals surface area contributed by atoms with Crippen LogP contribution in [0.1, 0.15) is 41.0 Å². The standard InChI is InChI=1S/C15H32N2O/c1-13(2)12-18-9-8-17-7-6-14(11-17)10-16-15(3,4)5/h13-14,16H,6-12H2,1-5H3. The molecule has 18 heavy (non-hydrogen) atoms. The zero-order chi connectivity index (χ0) is 13.6. The maximum absolute atomic E-state index is 5.65. The molecule has 0 radical (unpaired) electrons. The first kappa shape index (κ1) is 15.9. The van der Waals surface area contributed by atoms with Crippen molar-refractivity contribution < 1.29 is 4.74 Å². The van der Waals surface area contributed by atoms with Crippen LogP contribution in [0.3, 0.4) is 0 Å². The van der Waals surface area contributed by atoms with Gasteiger partial charge in [-0.2, -0.15) is 0 Å². The summed E-state index contributed by atoms with van der Waals surface area (Å²) in [4.78, 5) is 2.54. The quantitative estimate of drug-likeness (QED) is 0.708. The van der Waals surface area contributed by atoms with Gasteiger partial charge in [0.1, 0.15) is 0 Å². The van der Waals surface area contributed by atoms with Gasteiger partial charge in [-0.25, -0.2) is 0 Å². The summed E-state index contributed by atoms with van der Waals surface area (Å²) in [6.07, 6.45) is 1.33. The lowest BCUT2D eigenvalue weighted by atomic mass is 10.1. The van der Waals surface area contributed by atoms with Crippen LogP contribution in [-0.4, -0.2) is 49.8 Å². The van der Waals surface area contributed by atoms with Crippen molar-refractivity contribution in [2.24, 2.45) is 11.8 Å². The minimum atomic E-state index is 0.244. The molecule has 1 heterocycles. The van der Waals surface area contributed by atoms with Crippen molar-refractivity contribution in [3.8, 4) is 0 Å². The first-order chi connectivity index (χ1) is 8.37. The van der Waals surface area contributed by atoms with Gasteiger partial charge in [-0.1, -0.05) is 13.8 Å².